The Balaban J connectivity index is 1.23. The molecular formula is C29H20BrCl2NO5. The van der Waals surface area contributed by atoms with Crippen LogP contribution in [0.1, 0.15) is 39.0 Å². The van der Waals surface area contributed by atoms with Gasteiger partial charge in [-0.2, -0.15) is 0 Å². The molecule has 0 N–H and O–H groups in total. The minimum Gasteiger partial charge on any atom is -0.457 e. The number of rotatable bonds is 6. The summed E-state index contributed by atoms with van der Waals surface area (Å²) < 4.78 is 5.95. The second kappa shape index (κ2) is 9.04. The van der Waals surface area contributed by atoms with Crippen molar-refractivity contribution in [1.82, 2.24) is 4.90 Å². The molecule has 0 radical (unpaired) electrons. The molecule has 1 fully saturated rings. The minimum atomic E-state index is -1.27. The number of alkyl halides is 2. The first-order valence-electron chi connectivity index (χ1n) is 12.1. The predicted molar refractivity (Wildman–Crippen MR) is 144 cm³/mol. The first-order chi connectivity index (χ1) is 18.2. The molecule has 1 aliphatic heterocycles. The standard InChI is InChI=1S/C29H20BrCl2NO5/c30-17-11-9-16(10-12-17)22(34)15-38-23(35)13-14-33-26(36)24-25(27(33)37)29(32)19-6-2-1-5-18(19)28(24,31)20-7-3-4-8-21(20)29/h1-12,24-25H,13-15H2/t24-,25-,28?,29?/m0/s1. The van der Waals surface area contributed by atoms with E-state index in [-0.39, 0.29) is 18.7 Å². The molecule has 192 valence electrons. The van der Waals surface area contributed by atoms with Crippen LogP contribution in [0, 0.1) is 11.8 Å². The van der Waals surface area contributed by atoms with Crippen molar-refractivity contribution in [2.45, 2.75) is 16.2 Å². The molecule has 3 aromatic rings. The lowest BCUT2D eigenvalue weighted by Gasteiger charge is -2.54. The monoisotopic (exact) mass is 611 g/mol. The number of likely N-dealkylation sites (tertiary alicyclic amines) is 1. The zero-order chi connectivity index (χ0) is 26.8. The highest BCUT2D eigenvalue weighted by molar-refractivity contribution is 9.10. The fourth-order valence-corrected chi connectivity index (χ4v) is 7.45. The summed E-state index contributed by atoms with van der Waals surface area (Å²) >= 11 is 18.0. The van der Waals surface area contributed by atoms with Crippen molar-refractivity contribution >= 4 is 62.7 Å². The molecule has 7 rings (SSSR count). The van der Waals surface area contributed by atoms with Gasteiger partial charge in [0.15, 0.2) is 12.4 Å². The van der Waals surface area contributed by atoms with Gasteiger partial charge in [0, 0.05) is 16.6 Å². The van der Waals surface area contributed by atoms with Gasteiger partial charge in [0.2, 0.25) is 11.8 Å². The van der Waals surface area contributed by atoms with Crippen molar-refractivity contribution in [3.05, 3.63) is 105 Å². The minimum absolute atomic E-state index is 0.192. The number of hydrogen-bond donors (Lipinski definition) is 0. The van der Waals surface area contributed by atoms with Crippen LogP contribution >= 0.6 is 39.1 Å². The molecule has 0 spiro atoms. The topological polar surface area (TPSA) is 80.8 Å². The summed E-state index contributed by atoms with van der Waals surface area (Å²) in [7, 11) is 0. The van der Waals surface area contributed by atoms with Crippen LogP contribution in [0.2, 0.25) is 0 Å². The fourth-order valence-electron chi connectivity index (χ4n) is 6.09. The Bertz CT molecular complexity index is 1400. The van der Waals surface area contributed by atoms with Crippen molar-refractivity contribution in [2.24, 2.45) is 11.8 Å². The number of benzene rings is 3. The number of ketones is 1. The van der Waals surface area contributed by atoms with Gasteiger partial charge in [-0.15, -0.1) is 23.2 Å². The molecule has 3 aliphatic carbocycles. The first-order valence-corrected chi connectivity index (χ1v) is 13.6. The third-order valence-corrected chi connectivity index (χ3v) is 9.56. The van der Waals surface area contributed by atoms with E-state index in [2.05, 4.69) is 15.9 Å². The molecule has 2 bridgehead atoms. The lowest BCUT2D eigenvalue weighted by molar-refractivity contribution is -0.145. The van der Waals surface area contributed by atoms with Gasteiger partial charge in [-0.25, -0.2) is 0 Å². The number of imide groups is 1. The summed E-state index contributed by atoms with van der Waals surface area (Å²) in [6.45, 7) is -0.629. The molecule has 9 heteroatoms. The molecule has 0 unspecified atom stereocenters. The Hall–Kier alpha value is -3.00. The van der Waals surface area contributed by atoms with Gasteiger partial charge in [0.05, 0.1) is 18.3 Å². The van der Waals surface area contributed by atoms with Crippen molar-refractivity contribution < 1.29 is 23.9 Å². The zero-order valence-corrected chi connectivity index (χ0v) is 22.9. The molecule has 2 atom stereocenters. The number of hydrogen-bond acceptors (Lipinski definition) is 5. The highest BCUT2D eigenvalue weighted by Gasteiger charge is 2.72. The van der Waals surface area contributed by atoms with E-state index in [0.29, 0.717) is 27.8 Å². The van der Waals surface area contributed by atoms with E-state index in [1.807, 2.05) is 48.5 Å². The van der Waals surface area contributed by atoms with E-state index >= 15 is 0 Å². The quantitative estimate of drug-likeness (QED) is 0.166. The van der Waals surface area contributed by atoms with Crippen LogP contribution in [0.3, 0.4) is 0 Å². The number of Topliss-reactive ketones (excluding diaryl/α,β-unsaturated/α-hetero) is 1. The number of esters is 1. The van der Waals surface area contributed by atoms with E-state index < -0.39 is 46.0 Å². The Kier molecular flexibility index (Phi) is 6.02. The second-order valence-electron chi connectivity index (χ2n) is 9.64. The van der Waals surface area contributed by atoms with Crippen LogP contribution in [0.25, 0.3) is 0 Å². The molecule has 0 saturated carbocycles. The second-order valence-corrected chi connectivity index (χ2v) is 11.7. The summed E-state index contributed by atoms with van der Waals surface area (Å²) in [5.74, 6) is -3.83. The first kappa shape index (κ1) is 25.3. The summed E-state index contributed by atoms with van der Waals surface area (Å²) in [4.78, 5) is 50.8. The third kappa shape index (κ3) is 3.45. The molecule has 1 saturated heterocycles. The summed E-state index contributed by atoms with van der Waals surface area (Å²) in [6, 6.07) is 21.5. The average molecular weight is 613 g/mol. The largest absolute Gasteiger partial charge is 0.457 e. The van der Waals surface area contributed by atoms with Crippen LogP contribution in [-0.4, -0.2) is 41.6 Å². The Labute approximate surface area is 237 Å². The summed E-state index contributed by atoms with van der Waals surface area (Å²) in [5.41, 5.74) is 3.26. The van der Waals surface area contributed by atoms with Crippen molar-refractivity contribution in [1.29, 1.82) is 0 Å². The van der Waals surface area contributed by atoms with Crippen LogP contribution in [0.4, 0.5) is 0 Å². The number of nitrogens with zero attached hydrogens (tertiary/aromatic N) is 1. The molecule has 2 amide bonds. The number of halogens is 3. The van der Waals surface area contributed by atoms with Gasteiger partial charge in [0.25, 0.3) is 0 Å². The fraction of sp³-hybridized carbons (Fsp3) is 0.241. The van der Waals surface area contributed by atoms with Crippen molar-refractivity contribution in [3.8, 4) is 0 Å². The molecule has 6 nitrogen and oxygen atoms in total. The van der Waals surface area contributed by atoms with Crippen molar-refractivity contribution in [3.63, 3.8) is 0 Å². The van der Waals surface area contributed by atoms with E-state index in [9.17, 15) is 19.2 Å². The van der Waals surface area contributed by atoms with Crippen LogP contribution in [0.15, 0.2) is 77.3 Å². The third-order valence-electron chi connectivity index (χ3n) is 7.75. The highest BCUT2D eigenvalue weighted by Crippen LogP contribution is 2.69. The maximum Gasteiger partial charge on any atom is 0.308 e. The normalized spacial score (nSPS) is 26.6. The maximum absolute atomic E-state index is 13.8. The highest BCUT2D eigenvalue weighted by atomic mass is 79.9. The molecule has 3 aromatic carbocycles. The van der Waals surface area contributed by atoms with E-state index in [1.54, 1.807) is 24.3 Å². The van der Waals surface area contributed by atoms with Gasteiger partial charge in [-0.3, -0.25) is 24.1 Å². The van der Waals surface area contributed by atoms with Crippen LogP contribution in [-0.2, 0) is 28.9 Å². The predicted octanol–water partition coefficient (Wildman–Crippen LogP) is 5.16. The van der Waals surface area contributed by atoms with Gasteiger partial charge < -0.3 is 4.74 Å². The van der Waals surface area contributed by atoms with Gasteiger partial charge >= 0.3 is 5.97 Å². The molecular weight excluding hydrogens is 593 g/mol. The summed E-state index contributed by atoms with van der Waals surface area (Å²) in [5, 5.41) is 0. The SMILES string of the molecule is O=C(CCN1C(=O)[C@@H]2[C@@H](C1=O)C1(Cl)c3ccccc3C2(Cl)c2ccccc21)OCC(=O)c1ccc(Br)cc1. The zero-order valence-electron chi connectivity index (χ0n) is 19.8. The Morgan fingerprint density at radius 1 is 0.789 bits per heavy atom. The van der Waals surface area contributed by atoms with Crippen molar-refractivity contribution in [2.75, 3.05) is 13.2 Å². The lowest BCUT2D eigenvalue weighted by Crippen LogP contribution is -2.57. The Morgan fingerprint density at radius 2 is 1.24 bits per heavy atom. The maximum atomic E-state index is 13.8. The number of ether oxygens (including phenoxy) is 1. The van der Waals surface area contributed by atoms with E-state index in [0.717, 1.165) is 9.37 Å². The van der Waals surface area contributed by atoms with Crippen LogP contribution in [0.5, 0.6) is 0 Å². The van der Waals surface area contributed by atoms with Gasteiger partial charge in [-0.1, -0.05) is 76.6 Å². The van der Waals surface area contributed by atoms with E-state index in [4.69, 9.17) is 27.9 Å². The molecule has 4 aliphatic rings. The number of carbonyl (C=O) groups excluding carboxylic acids is 4. The molecule has 0 aromatic heterocycles. The Morgan fingerprint density at radius 3 is 1.68 bits per heavy atom. The molecule has 1 heterocycles. The number of carbonyl (C=O) groups is 4. The molecule has 38 heavy (non-hydrogen) atoms. The lowest BCUT2D eigenvalue weighted by atomic mass is 9.54. The van der Waals surface area contributed by atoms with Crippen LogP contribution < -0.4 is 0 Å². The number of amides is 2. The average Bonchev–Trinajstić information content (AvgIpc) is 3.19. The summed E-state index contributed by atoms with van der Waals surface area (Å²) in [6.07, 6.45) is -0.255. The van der Waals surface area contributed by atoms with Gasteiger partial charge in [0.1, 0.15) is 9.75 Å². The van der Waals surface area contributed by atoms with E-state index in [1.165, 1.54) is 0 Å². The smallest absolute Gasteiger partial charge is 0.308 e. The van der Waals surface area contributed by atoms with Gasteiger partial charge in [-0.05, 0) is 34.4 Å².